The number of hydrogen-bond acceptors (Lipinski definition) is 5. The monoisotopic (exact) mass is 426 g/mol. The number of phenols is 1. The van der Waals surface area contributed by atoms with Crippen LogP contribution in [0, 0.1) is 0 Å². The number of hydrogen-bond donors (Lipinski definition) is 2. The molecule has 3 N–H and O–H groups in total. The molecule has 1 aromatic carbocycles. The Hall–Kier alpha value is -1.47. The smallest absolute Gasteiger partial charge is 0.188 e. The number of nitrogens with zero attached hydrogens (tertiary/aromatic N) is 3. The van der Waals surface area contributed by atoms with Crippen molar-refractivity contribution in [2.75, 3.05) is 5.73 Å². The van der Waals surface area contributed by atoms with E-state index in [1.54, 1.807) is 6.20 Å². The van der Waals surface area contributed by atoms with Gasteiger partial charge in [-0.3, -0.25) is 0 Å². The quantitative estimate of drug-likeness (QED) is 0.503. The van der Waals surface area contributed by atoms with Crippen molar-refractivity contribution in [3.8, 4) is 5.75 Å². The second-order valence-electron chi connectivity index (χ2n) is 4.66. The highest BCUT2D eigenvalue weighted by Crippen LogP contribution is 2.38. The number of nitrogen functional groups attached to an aromatic ring is 1. The lowest BCUT2D eigenvalue weighted by molar-refractivity contribution is 0.476. The van der Waals surface area contributed by atoms with Gasteiger partial charge in [0.05, 0.1) is 4.47 Å². The van der Waals surface area contributed by atoms with Crippen molar-refractivity contribution in [1.29, 1.82) is 0 Å². The van der Waals surface area contributed by atoms with Crippen LogP contribution < -0.4 is 5.73 Å². The average Bonchev–Trinajstić information content (AvgIpc) is 2.47. The van der Waals surface area contributed by atoms with Gasteiger partial charge in [-0.25, -0.2) is 4.98 Å². The molecule has 0 aliphatic carbocycles. The number of halogens is 2. The third-order valence-electron chi connectivity index (χ3n) is 3.27. The van der Waals surface area contributed by atoms with Gasteiger partial charge in [-0.1, -0.05) is 13.8 Å². The first-order chi connectivity index (χ1) is 10.5. The predicted molar refractivity (Wildman–Crippen MR) is 95.1 cm³/mol. The molecule has 0 radical (unpaired) electrons. The van der Waals surface area contributed by atoms with E-state index in [2.05, 4.69) is 47.1 Å². The van der Waals surface area contributed by atoms with E-state index in [0.29, 0.717) is 28.1 Å². The van der Waals surface area contributed by atoms with Crippen molar-refractivity contribution >= 4 is 49.1 Å². The Kier molecular flexibility index (Phi) is 5.52. The molecule has 1 heterocycles. The highest BCUT2D eigenvalue weighted by atomic mass is 79.9. The fourth-order valence-corrected chi connectivity index (χ4v) is 3.33. The average molecular weight is 428 g/mol. The van der Waals surface area contributed by atoms with E-state index in [4.69, 9.17) is 5.73 Å². The number of phenolic OH excluding ortho intramolecular Hbond substituents is 1. The molecule has 2 rings (SSSR count). The number of azo groups is 1. The molecule has 0 unspecified atom stereocenters. The van der Waals surface area contributed by atoms with Crippen LogP contribution in [0.4, 0.5) is 17.2 Å². The van der Waals surface area contributed by atoms with Gasteiger partial charge in [0.25, 0.3) is 0 Å². The van der Waals surface area contributed by atoms with E-state index in [-0.39, 0.29) is 5.75 Å². The van der Waals surface area contributed by atoms with Gasteiger partial charge in [-0.15, -0.1) is 10.2 Å². The molecular formula is C15H16Br2N4O. The van der Waals surface area contributed by atoms with Crippen molar-refractivity contribution < 1.29 is 5.11 Å². The van der Waals surface area contributed by atoms with E-state index in [1.807, 2.05) is 19.9 Å². The Balaban J connectivity index is 2.50. The summed E-state index contributed by atoms with van der Waals surface area (Å²) in [5.74, 6) is 0.475. The van der Waals surface area contributed by atoms with Crippen LogP contribution in [0.25, 0.3) is 0 Å². The molecule has 7 heteroatoms. The first kappa shape index (κ1) is 16.9. The fraction of sp³-hybridized carbons (Fsp3) is 0.267. The molecule has 0 aliphatic heterocycles. The topological polar surface area (TPSA) is 83.9 Å². The summed E-state index contributed by atoms with van der Waals surface area (Å²) in [6, 6.07) is 3.36. The van der Waals surface area contributed by atoms with Crippen LogP contribution in [0.2, 0.25) is 0 Å². The molecule has 1 aromatic heterocycles. The number of aromatic nitrogens is 1. The zero-order chi connectivity index (χ0) is 16.3. The van der Waals surface area contributed by atoms with E-state index >= 15 is 0 Å². The number of nitrogens with two attached hydrogens (primary N) is 1. The van der Waals surface area contributed by atoms with Crippen LogP contribution in [-0.2, 0) is 12.8 Å². The molecule has 0 fully saturated rings. The van der Waals surface area contributed by atoms with Gasteiger partial charge in [-0.05, 0) is 61.9 Å². The fourth-order valence-electron chi connectivity index (χ4n) is 2.26. The summed E-state index contributed by atoms with van der Waals surface area (Å²) >= 11 is 6.72. The van der Waals surface area contributed by atoms with E-state index in [9.17, 15) is 5.11 Å². The van der Waals surface area contributed by atoms with Crippen molar-refractivity contribution in [1.82, 2.24) is 4.98 Å². The number of anilines is 1. The van der Waals surface area contributed by atoms with Crippen molar-refractivity contribution in [3.05, 3.63) is 38.4 Å². The lowest BCUT2D eigenvalue weighted by atomic mass is 9.98. The maximum absolute atomic E-state index is 10.1. The number of aromatic hydroxyl groups is 1. The molecule has 0 atom stereocenters. The molecule has 0 bridgehead atoms. The Labute approximate surface area is 145 Å². The van der Waals surface area contributed by atoms with Crippen molar-refractivity contribution in [2.45, 2.75) is 26.7 Å². The van der Waals surface area contributed by atoms with Crippen LogP contribution in [-0.4, -0.2) is 10.1 Å². The molecule has 5 nitrogen and oxygen atoms in total. The number of rotatable bonds is 4. The van der Waals surface area contributed by atoms with Crippen LogP contribution in [0.3, 0.4) is 0 Å². The Morgan fingerprint density at radius 2 is 1.82 bits per heavy atom. The van der Waals surface area contributed by atoms with E-state index < -0.39 is 0 Å². The van der Waals surface area contributed by atoms with Crippen LogP contribution in [0.5, 0.6) is 5.75 Å². The van der Waals surface area contributed by atoms with Crippen LogP contribution in [0.15, 0.2) is 37.5 Å². The summed E-state index contributed by atoms with van der Waals surface area (Å²) in [4.78, 5) is 4.18. The van der Waals surface area contributed by atoms with Gasteiger partial charge in [-0.2, -0.15) is 0 Å². The van der Waals surface area contributed by atoms with Crippen molar-refractivity contribution in [3.63, 3.8) is 0 Å². The lowest BCUT2D eigenvalue weighted by Crippen LogP contribution is -1.99. The van der Waals surface area contributed by atoms with Crippen LogP contribution >= 0.6 is 31.9 Å². The zero-order valence-corrected chi connectivity index (χ0v) is 15.4. The minimum atomic E-state index is 0.0311. The lowest BCUT2D eigenvalue weighted by Gasteiger charge is -2.13. The summed E-state index contributed by atoms with van der Waals surface area (Å²) in [6.07, 6.45) is 3.13. The van der Waals surface area contributed by atoms with E-state index in [1.165, 1.54) is 6.07 Å². The van der Waals surface area contributed by atoms with Gasteiger partial charge in [0.2, 0.25) is 0 Å². The summed E-state index contributed by atoms with van der Waals surface area (Å²) < 4.78 is 1.56. The minimum Gasteiger partial charge on any atom is -0.506 e. The third-order valence-corrected chi connectivity index (χ3v) is 4.29. The van der Waals surface area contributed by atoms with Crippen LogP contribution in [0.1, 0.15) is 25.0 Å². The summed E-state index contributed by atoms with van der Waals surface area (Å²) in [7, 11) is 0. The minimum absolute atomic E-state index is 0.0311. The second-order valence-corrected chi connectivity index (χ2v) is 6.43. The number of pyridine rings is 1. The Morgan fingerprint density at radius 1 is 1.14 bits per heavy atom. The maximum Gasteiger partial charge on any atom is 0.188 e. The molecule has 0 spiro atoms. The summed E-state index contributed by atoms with van der Waals surface area (Å²) in [5, 5.41) is 18.5. The van der Waals surface area contributed by atoms with Gasteiger partial charge in [0.1, 0.15) is 11.4 Å². The highest BCUT2D eigenvalue weighted by molar-refractivity contribution is 9.11. The summed E-state index contributed by atoms with van der Waals surface area (Å²) in [6.45, 7) is 4.02. The summed E-state index contributed by atoms with van der Waals surface area (Å²) in [5.41, 5.74) is 8.91. The first-order valence-electron chi connectivity index (χ1n) is 6.83. The van der Waals surface area contributed by atoms with Crippen molar-refractivity contribution in [2.24, 2.45) is 10.2 Å². The molecule has 2 aromatic rings. The van der Waals surface area contributed by atoms with Gasteiger partial charge in [0.15, 0.2) is 5.82 Å². The SMILES string of the molecule is CCc1c(N)cc(O)c(N=Nc2ncc(Br)cc2Br)c1CC. The highest BCUT2D eigenvalue weighted by Gasteiger charge is 2.14. The normalized spacial score (nSPS) is 11.3. The maximum atomic E-state index is 10.1. The molecule has 0 saturated carbocycles. The predicted octanol–water partition coefficient (Wildman–Crippen LogP) is 5.43. The van der Waals surface area contributed by atoms with Gasteiger partial charge in [0, 0.05) is 22.4 Å². The first-order valence-corrected chi connectivity index (χ1v) is 8.42. The van der Waals surface area contributed by atoms with E-state index in [0.717, 1.165) is 22.0 Å². The second kappa shape index (κ2) is 7.19. The van der Waals surface area contributed by atoms with Gasteiger partial charge >= 0.3 is 0 Å². The van der Waals surface area contributed by atoms with Gasteiger partial charge < -0.3 is 10.8 Å². The molecule has 0 saturated heterocycles. The molecule has 22 heavy (non-hydrogen) atoms. The molecule has 116 valence electrons. The Bertz CT molecular complexity index is 732. The third kappa shape index (κ3) is 3.47. The molecule has 0 amide bonds. The Morgan fingerprint density at radius 3 is 2.41 bits per heavy atom. The largest absolute Gasteiger partial charge is 0.506 e. The zero-order valence-electron chi connectivity index (χ0n) is 12.3. The molecular weight excluding hydrogens is 412 g/mol. The standard InChI is InChI=1S/C15H16Br2N4O/c1-3-9-10(4-2)14(13(22)6-12(9)18)20-21-15-11(17)5-8(16)7-19-15/h5-7,22H,3-4,18H2,1-2H3. The number of benzene rings is 1. The molecule has 0 aliphatic rings.